The van der Waals surface area contributed by atoms with E-state index in [4.69, 9.17) is 0 Å². The molecule has 0 aliphatic heterocycles. The molecule has 3 N–H and O–H groups in total. The van der Waals surface area contributed by atoms with Crippen LogP contribution in [-0.4, -0.2) is 62.4 Å². The van der Waals surface area contributed by atoms with Crippen LogP contribution in [0.5, 0.6) is 0 Å². The zero-order valence-electron chi connectivity index (χ0n) is 20.6. The lowest BCUT2D eigenvalue weighted by Gasteiger charge is -2.47. The van der Waals surface area contributed by atoms with E-state index in [2.05, 4.69) is 19.1 Å². The van der Waals surface area contributed by atoms with Crippen LogP contribution in [0.25, 0.3) is 0 Å². The van der Waals surface area contributed by atoms with Crippen LogP contribution in [0.3, 0.4) is 0 Å². The summed E-state index contributed by atoms with van der Waals surface area (Å²) in [7, 11) is 0. The zero-order chi connectivity index (χ0) is 24.6. The van der Waals surface area contributed by atoms with Crippen LogP contribution < -0.4 is 0 Å². The second kappa shape index (κ2) is 16.7. The van der Waals surface area contributed by atoms with Gasteiger partial charge in [0.25, 0.3) is 0 Å². The summed E-state index contributed by atoms with van der Waals surface area (Å²) >= 11 is 0. The monoisotopic (exact) mass is 456 g/mol. The molecule has 3 unspecified atom stereocenters. The Kier molecular flexibility index (Phi) is 15.7. The molecule has 0 aromatic heterocycles. The van der Waals surface area contributed by atoms with Gasteiger partial charge in [-0.1, -0.05) is 57.6 Å². The number of carboxylic acids is 3. The number of aliphatic carboxylic acids is 3. The van der Waals surface area contributed by atoms with Crippen molar-refractivity contribution >= 4 is 17.9 Å². The van der Waals surface area contributed by atoms with Crippen LogP contribution in [0.2, 0.25) is 0 Å². The molecule has 0 aromatic carbocycles. The molecule has 0 saturated carbocycles. The van der Waals surface area contributed by atoms with Crippen LogP contribution in [0.1, 0.15) is 105 Å². The lowest BCUT2D eigenvalue weighted by molar-refractivity contribution is -0.968. The molecule has 0 bridgehead atoms. The summed E-state index contributed by atoms with van der Waals surface area (Å²) < 4.78 is -0.492. The van der Waals surface area contributed by atoms with E-state index >= 15 is 0 Å². The van der Waals surface area contributed by atoms with Crippen molar-refractivity contribution in [1.29, 1.82) is 0 Å². The largest absolute Gasteiger partial charge is 0.477 e. The Balaban J connectivity index is 4.58. The molecular weight excluding hydrogens is 410 g/mol. The summed E-state index contributed by atoms with van der Waals surface area (Å²) in [5.41, 5.74) is 0. The van der Waals surface area contributed by atoms with Crippen molar-refractivity contribution in [3.63, 3.8) is 0 Å². The van der Waals surface area contributed by atoms with Gasteiger partial charge in [-0.3, -0.25) is 4.48 Å². The van der Waals surface area contributed by atoms with Crippen LogP contribution in [-0.2, 0) is 14.4 Å². The first-order chi connectivity index (χ1) is 15.1. The summed E-state index contributed by atoms with van der Waals surface area (Å²) in [5, 5.41) is 28.8. The normalized spacial score (nSPS) is 16.4. The Bertz CT molecular complexity index is 539. The molecule has 0 heterocycles. The zero-order valence-corrected chi connectivity index (χ0v) is 20.6. The number of hydrogen-bond donors (Lipinski definition) is 3. The van der Waals surface area contributed by atoms with Crippen LogP contribution >= 0.6 is 0 Å². The molecule has 7 nitrogen and oxygen atoms in total. The van der Waals surface area contributed by atoms with E-state index in [1.807, 2.05) is 0 Å². The number of rotatable bonds is 20. The summed E-state index contributed by atoms with van der Waals surface area (Å²) in [4.78, 5) is 35.2. The van der Waals surface area contributed by atoms with Crippen molar-refractivity contribution in [2.75, 3.05) is 6.54 Å². The van der Waals surface area contributed by atoms with Gasteiger partial charge in [-0.15, -0.1) is 0 Å². The maximum Gasteiger partial charge on any atom is 0.362 e. The van der Waals surface area contributed by atoms with E-state index in [9.17, 15) is 29.7 Å². The Hall–Kier alpha value is -1.89. The first-order valence-electron chi connectivity index (χ1n) is 12.3. The first-order valence-corrected chi connectivity index (χ1v) is 12.3. The molecule has 0 amide bonds. The van der Waals surface area contributed by atoms with Gasteiger partial charge in [-0.25, -0.2) is 14.4 Å². The SMILES string of the molecule is CCCCCCCCC/C=C/CCCCC[N+](C(C)C(=O)O)(C(C)C(=O)O)C(C)C(=O)O. The fourth-order valence-corrected chi connectivity index (χ4v) is 4.48. The highest BCUT2D eigenvalue weighted by atomic mass is 16.4. The number of hydrogen-bond acceptors (Lipinski definition) is 3. The van der Waals surface area contributed by atoms with E-state index in [1.165, 1.54) is 65.7 Å². The van der Waals surface area contributed by atoms with E-state index < -0.39 is 40.5 Å². The third-order valence-corrected chi connectivity index (χ3v) is 6.79. The van der Waals surface area contributed by atoms with E-state index in [0.29, 0.717) is 6.42 Å². The van der Waals surface area contributed by atoms with Crippen LogP contribution in [0.4, 0.5) is 0 Å². The van der Waals surface area contributed by atoms with Crippen molar-refractivity contribution in [3.8, 4) is 0 Å². The van der Waals surface area contributed by atoms with Crippen molar-refractivity contribution in [2.45, 2.75) is 123 Å². The second-order valence-electron chi connectivity index (χ2n) is 8.99. The van der Waals surface area contributed by atoms with Gasteiger partial charge in [-0.2, -0.15) is 0 Å². The third kappa shape index (κ3) is 10.2. The van der Waals surface area contributed by atoms with E-state index in [-0.39, 0.29) is 6.54 Å². The van der Waals surface area contributed by atoms with Crippen LogP contribution in [0.15, 0.2) is 12.2 Å². The number of unbranched alkanes of at least 4 members (excludes halogenated alkanes) is 10. The second-order valence-corrected chi connectivity index (χ2v) is 8.99. The average Bonchev–Trinajstić information content (AvgIpc) is 2.75. The average molecular weight is 457 g/mol. The summed E-state index contributed by atoms with van der Waals surface area (Å²) in [6, 6.07) is -3.39. The van der Waals surface area contributed by atoms with Gasteiger partial charge in [-0.05, 0) is 59.3 Å². The molecule has 0 rings (SSSR count). The quantitative estimate of drug-likeness (QED) is 0.127. The molecular formula is C25H46NO6+. The van der Waals surface area contributed by atoms with Crippen molar-refractivity contribution < 1.29 is 34.2 Å². The Labute approximate surface area is 194 Å². The maximum absolute atomic E-state index is 11.7. The van der Waals surface area contributed by atoms with Gasteiger partial charge < -0.3 is 15.3 Å². The minimum atomic E-state index is -1.18. The highest BCUT2D eigenvalue weighted by Crippen LogP contribution is 2.27. The van der Waals surface area contributed by atoms with Gasteiger partial charge in [0.1, 0.15) is 0 Å². The minimum Gasteiger partial charge on any atom is -0.477 e. The topological polar surface area (TPSA) is 112 Å². The van der Waals surface area contributed by atoms with Gasteiger partial charge in [0, 0.05) is 0 Å². The Morgan fingerprint density at radius 2 is 0.969 bits per heavy atom. The lowest BCUT2D eigenvalue weighted by atomic mass is 10.00. The molecule has 0 aromatic rings. The summed E-state index contributed by atoms with van der Waals surface area (Å²) in [5.74, 6) is -3.54. The molecule has 0 aliphatic carbocycles. The molecule has 3 atom stereocenters. The highest BCUT2D eigenvalue weighted by molar-refractivity contribution is 5.77. The number of allylic oxidation sites excluding steroid dienone is 2. The fourth-order valence-electron chi connectivity index (χ4n) is 4.48. The van der Waals surface area contributed by atoms with E-state index in [0.717, 1.165) is 25.7 Å². The van der Waals surface area contributed by atoms with Crippen molar-refractivity contribution in [1.82, 2.24) is 0 Å². The van der Waals surface area contributed by atoms with Gasteiger partial charge in [0.2, 0.25) is 0 Å². The highest BCUT2D eigenvalue weighted by Gasteiger charge is 2.52. The van der Waals surface area contributed by atoms with Crippen molar-refractivity contribution in [2.24, 2.45) is 0 Å². The van der Waals surface area contributed by atoms with Crippen molar-refractivity contribution in [3.05, 3.63) is 12.2 Å². The molecule has 0 saturated heterocycles. The first kappa shape index (κ1) is 30.1. The minimum absolute atomic E-state index is 0.205. The summed E-state index contributed by atoms with van der Waals surface area (Å²) in [6.07, 6.45) is 17.8. The number of carboxylic acid groups (broad SMARTS) is 3. The molecule has 0 radical (unpaired) electrons. The standard InChI is InChI=1S/C25H45NO6/c1-5-6-7-8-9-10-11-12-13-14-15-16-17-18-19-26(20(2)23(27)28,21(3)24(29)30)22(4)25(31)32/h13-14,20-22H,5-12,15-19H2,1-4H3,(H2-,27,28,29,30,31,32)/p+1/b14-13+. The van der Waals surface area contributed by atoms with Gasteiger partial charge in [0.05, 0.1) is 6.54 Å². The lowest BCUT2D eigenvalue weighted by Crippen LogP contribution is -2.70. The van der Waals surface area contributed by atoms with Crippen LogP contribution in [0, 0.1) is 0 Å². The van der Waals surface area contributed by atoms with Gasteiger partial charge in [0.15, 0.2) is 18.1 Å². The number of quaternary nitrogens is 1. The maximum atomic E-state index is 11.7. The Morgan fingerprint density at radius 3 is 1.34 bits per heavy atom. The predicted molar refractivity (Wildman–Crippen MR) is 127 cm³/mol. The molecule has 7 heteroatoms. The molecule has 32 heavy (non-hydrogen) atoms. The molecule has 0 fully saturated rings. The molecule has 0 spiro atoms. The molecule has 0 aliphatic rings. The summed E-state index contributed by atoms with van der Waals surface area (Å²) in [6.45, 7) is 6.66. The molecule has 186 valence electrons. The Morgan fingerprint density at radius 1 is 0.625 bits per heavy atom. The van der Waals surface area contributed by atoms with E-state index in [1.54, 1.807) is 0 Å². The smallest absolute Gasteiger partial charge is 0.362 e. The fraction of sp³-hybridized carbons (Fsp3) is 0.800. The number of carbonyl (C=O) groups is 3. The predicted octanol–water partition coefficient (Wildman–Crippen LogP) is 5.48. The van der Waals surface area contributed by atoms with Gasteiger partial charge >= 0.3 is 17.9 Å². The number of nitrogens with zero attached hydrogens (tertiary/aromatic N) is 1. The third-order valence-electron chi connectivity index (χ3n) is 6.79.